The van der Waals surface area contributed by atoms with Crippen LogP contribution in [-0.4, -0.2) is 24.1 Å². The molecule has 30 heavy (non-hydrogen) atoms. The molecular formula is C26H44O4. The van der Waals surface area contributed by atoms with Gasteiger partial charge < -0.3 is 9.47 Å². The number of hydrogen-bond donors (Lipinski definition) is 0. The average Bonchev–Trinajstić information content (AvgIpc) is 2.76. The fraction of sp³-hybridized carbons (Fsp3) is 0.923. The summed E-state index contributed by atoms with van der Waals surface area (Å²) >= 11 is 0. The predicted molar refractivity (Wildman–Crippen MR) is 119 cm³/mol. The molecule has 4 nitrogen and oxygen atoms in total. The lowest BCUT2D eigenvalue weighted by molar-refractivity contribution is -0.164. The van der Waals surface area contributed by atoms with Crippen molar-refractivity contribution in [2.75, 3.05) is 0 Å². The highest BCUT2D eigenvalue weighted by Gasteiger charge is 2.33. The van der Waals surface area contributed by atoms with Gasteiger partial charge in [-0.05, 0) is 88.9 Å². The van der Waals surface area contributed by atoms with Gasteiger partial charge in [0, 0.05) is 0 Å². The summed E-state index contributed by atoms with van der Waals surface area (Å²) in [5, 5.41) is 0. The highest BCUT2D eigenvalue weighted by Crippen LogP contribution is 2.35. The molecule has 0 aromatic heterocycles. The molecule has 0 heterocycles. The van der Waals surface area contributed by atoms with Crippen molar-refractivity contribution in [2.45, 2.75) is 129 Å². The maximum Gasteiger partial charge on any atom is 0.309 e. The molecule has 0 bridgehead atoms. The van der Waals surface area contributed by atoms with Crippen molar-refractivity contribution in [1.82, 2.24) is 0 Å². The van der Waals surface area contributed by atoms with Crippen LogP contribution in [0.1, 0.15) is 117 Å². The van der Waals surface area contributed by atoms with E-state index in [2.05, 4.69) is 13.8 Å². The van der Waals surface area contributed by atoms with Gasteiger partial charge in [-0.25, -0.2) is 0 Å². The van der Waals surface area contributed by atoms with Crippen molar-refractivity contribution >= 4 is 11.9 Å². The van der Waals surface area contributed by atoms with E-state index in [1.807, 2.05) is 0 Å². The molecule has 3 aliphatic rings. The van der Waals surface area contributed by atoms with E-state index in [0.717, 1.165) is 63.2 Å². The quantitative estimate of drug-likeness (QED) is 0.415. The fourth-order valence-electron chi connectivity index (χ4n) is 5.98. The first kappa shape index (κ1) is 23.6. The first-order valence-electron chi connectivity index (χ1n) is 13.0. The summed E-state index contributed by atoms with van der Waals surface area (Å²) in [5.74, 6) is 1.88. The van der Waals surface area contributed by atoms with Crippen molar-refractivity contribution in [3.63, 3.8) is 0 Å². The summed E-state index contributed by atoms with van der Waals surface area (Å²) in [5.41, 5.74) is 0. The number of carbonyl (C=O) groups is 2. The number of esters is 2. The summed E-state index contributed by atoms with van der Waals surface area (Å²) < 4.78 is 11.7. The minimum Gasteiger partial charge on any atom is -0.462 e. The Kier molecular flexibility index (Phi) is 9.52. The van der Waals surface area contributed by atoms with Crippen molar-refractivity contribution < 1.29 is 19.1 Å². The zero-order valence-electron chi connectivity index (χ0n) is 19.4. The second-order valence-electron chi connectivity index (χ2n) is 10.3. The van der Waals surface area contributed by atoms with Gasteiger partial charge in [0.1, 0.15) is 12.2 Å². The molecule has 3 rings (SSSR count). The van der Waals surface area contributed by atoms with Gasteiger partial charge in [0.25, 0.3) is 0 Å². The van der Waals surface area contributed by atoms with E-state index >= 15 is 0 Å². The number of carbonyl (C=O) groups excluding carboxylic acids is 2. The maximum atomic E-state index is 12.6. The Morgan fingerprint density at radius 1 is 0.567 bits per heavy atom. The molecule has 0 amide bonds. The highest BCUT2D eigenvalue weighted by atomic mass is 16.6. The second kappa shape index (κ2) is 12.1. The Labute approximate surface area is 183 Å². The van der Waals surface area contributed by atoms with Gasteiger partial charge in [-0.15, -0.1) is 0 Å². The van der Waals surface area contributed by atoms with Crippen LogP contribution in [0.15, 0.2) is 0 Å². The molecule has 0 spiro atoms. The van der Waals surface area contributed by atoms with Crippen molar-refractivity contribution in [3.05, 3.63) is 0 Å². The van der Waals surface area contributed by atoms with Gasteiger partial charge in [-0.2, -0.15) is 0 Å². The van der Waals surface area contributed by atoms with Gasteiger partial charge in [-0.1, -0.05) is 39.5 Å². The van der Waals surface area contributed by atoms with Crippen LogP contribution in [0, 0.1) is 23.7 Å². The Morgan fingerprint density at radius 2 is 0.900 bits per heavy atom. The topological polar surface area (TPSA) is 52.6 Å². The fourth-order valence-corrected chi connectivity index (χ4v) is 5.98. The van der Waals surface area contributed by atoms with E-state index in [-0.39, 0.29) is 36.0 Å². The molecule has 0 aliphatic heterocycles. The zero-order valence-corrected chi connectivity index (χ0v) is 19.4. The third-order valence-electron chi connectivity index (χ3n) is 7.94. The standard InChI is InChI=1S/C26H44O4/c1-3-5-19-7-11-21(12-8-19)25(27)29-23-15-17-24(18-16-23)30-26(28)22-13-9-20(6-4-2)10-14-22/h19-24H,3-18H2,1-2H3/t19-,20-,21-,22-,23-,24-. The molecule has 3 saturated carbocycles. The molecule has 0 aromatic rings. The second-order valence-corrected chi connectivity index (χ2v) is 10.3. The molecular weight excluding hydrogens is 376 g/mol. The number of rotatable bonds is 8. The molecule has 0 radical (unpaired) electrons. The lowest BCUT2D eigenvalue weighted by atomic mass is 9.80. The molecule has 3 aliphatic carbocycles. The van der Waals surface area contributed by atoms with Gasteiger partial charge in [0.05, 0.1) is 11.8 Å². The zero-order chi connectivity index (χ0) is 21.3. The van der Waals surface area contributed by atoms with Crippen LogP contribution in [0.4, 0.5) is 0 Å². The third-order valence-corrected chi connectivity index (χ3v) is 7.94. The predicted octanol–water partition coefficient (Wildman–Crippen LogP) is 6.60. The van der Waals surface area contributed by atoms with E-state index in [9.17, 15) is 9.59 Å². The van der Waals surface area contributed by atoms with Crippen LogP contribution in [-0.2, 0) is 19.1 Å². The van der Waals surface area contributed by atoms with Crippen molar-refractivity contribution in [2.24, 2.45) is 23.7 Å². The lowest BCUT2D eigenvalue weighted by Gasteiger charge is -2.32. The van der Waals surface area contributed by atoms with Crippen LogP contribution in [0.5, 0.6) is 0 Å². The normalized spacial score (nSPS) is 34.9. The van der Waals surface area contributed by atoms with E-state index in [0.29, 0.717) is 0 Å². The minimum absolute atomic E-state index is 0.0188. The van der Waals surface area contributed by atoms with Crippen LogP contribution < -0.4 is 0 Å². The van der Waals surface area contributed by atoms with E-state index < -0.39 is 0 Å². The van der Waals surface area contributed by atoms with Crippen LogP contribution in [0.2, 0.25) is 0 Å². The highest BCUT2D eigenvalue weighted by molar-refractivity contribution is 5.73. The van der Waals surface area contributed by atoms with Gasteiger partial charge in [-0.3, -0.25) is 9.59 Å². The summed E-state index contributed by atoms with van der Waals surface area (Å²) in [6, 6.07) is 0. The van der Waals surface area contributed by atoms with Gasteiger partial charge in [0.15, 0.2) is 0 Å². The summed E-state index contributed by atoms with van der Waals surface area (Å²) in [4.78, 5) is 25.1. The summed E-state index contributed by atoms with van der Waals surface area (Å²) in [7, 11) is 0. The van der Waals surface area contributed by atoms with E-state index in [1.165, 1.54) is 51.4 Å². The van der Waals surface area contributed by atoms with E-state index in [1.54, 1.807) is 0 Å². The molecule has 0 unspecified atom stereocenters. The SMILES string of the molecule is CCC[C@H]1CC[C@H](C(=O)O[C@H]2CC[C@H](OC(=O)[C@H]3CC[C@H](CCC)CC3)CC2)CC1. The lowest BCUT2D eigenvalue weighted by Crippen LogP contribution is -2.34. The van der Waals surface area contributed by atoms with Gasteiger partial charge in [0.2, 0.25) is 0 Å². The molecule has 172 valence electrons. The molecule has 0 atom stereocenters. The molecule has 0 N–H and O–H groups in total. The monoisotopic (exact) mass is 420 g/mol. The number of hydrogen-bond acceptors (Lipinski definition) is 4. The first-order valence-corrected chi connectivity index (χ1v) is 13.0. The van der Waals surface area contributed by atoms with Crippen molar-refractivity contribution in [1.29, 1.82) is 0 Å². The third kappa shape index (κ3) is 6.99. The summed E-state index contributed by atoms with van der Waals surface area (Å²) in [6.45, 7) is 4.48. The molecule has 3 fully saturated rings. The van der Waals surface area contributed by atoms with Crippen LogP contribution in [0.3, 0.4) is 0 Å². The Hall–Kier alpha value is -1.06. The Bertz CT molecular complexity index is 473. The minimum atomic E-state index is 0.0188. The van der Waals surface area contributed by atoms with Crippen LogP contribution in [0.25, 0.3) is 0 Å². The maximum absolute atomic E-state index is 12.6. The Morgan fingerprint density at radius 3 is 1.20 bits per heavy atom. The van der Waals surface area contributed by atoms with Gasteiger partial charge >= 0.3 is 11.9 Å². The Balaban J connectivity index is 1.31. The smallest absolute Gasteiger partial charge is 0.309 e. The first-order chi connectivity index (χ1) is 14.6. The largest absolute Gasteiger partial charge is 0.462 e. The van der Waals surface area contributed by atoms with E-state index in [4.69, 9.17) is 9.47 Å². The van der Waals surface area contributed by atoms with Crippen LogP contribution >= 0.6 is 0 Å². The molecule has 0 aromatic carbocycles. The number of ether oxygens (including phenoxy) is 2. The average molecular weight is 421 g/mol. The summed E-state index contributed by atoms with van der Waals surface area (Å²) in [6.07, 6.45) is 17.1. The molecule has 4 heteroatoms. The van der Waals surface area contributed by atoms with Crippen molar-refractivity contribution in [3.8, 4) is 0 Å². The molecule has 0 saturated heterocycles.